The SMILES string of the molecule is COc1ccc(C#CCCCCCCC#CCOC2CCCCO2)c(OC)c1OC. The molecule has 1 unspecified atom stereocenters. The largest absolute Gasteiger partial charge is 0.493 e. The van der Waals surface area contributed by atoms with Crippen LogP contribution in [0.2, 0.25) is 0 Å². The monoisotopic (exact) mass is 414 g/mol. The fourth-order valence-electron chi connectivity index (χ4n) is 3.25. The molecule has 1 fully saturated rings. The second kappa shape index (κ2) is 14.6. The predicted molar refractivity (Wildman–Crippen MR) is 118 cm³/mol. The highest BCUT2D eigenvalue weighted by atomic mass is 16.7. The van der Waals surface area contributed by atoms with Gasteiger partial charge in [0.1, 0.15) is 6.61 Å². The molecule has 1 aromatic rings. The first-order valence-electron chi connectivity index (χ1n) is 10.8. The van der Waals surface area contributed by atoms with Gasteiger partial charge in [0.15, 0.2) is 17.8 Å². The van der Waals surface area contributed by atoms with Gasteiger partial charge in [-0.05, 0) is 44.2 Å². The minimum atomic E-state index is -0.0480. The summed E-state index contributed by atoms with van der Waals surface area (Å²) in [5, 5.41) is 0. The summed E-state index contributed by atoms with van der Waals surface area (Å²) < 4.78 is 27.3. The van der Waals surface area contributed by atoms with Crippen molar-refractivity contribution in [1.82, 2.24) is 0 Å². The Hall–Kier alpha value is -2.34. The van der Waals surface area contributed by atoms with Crippen LogP contribution in [0.4, 0.5) is 0 Å². The van der Waals surface area contributed by atoms with Crippen molar-refractivity contribution < 1.29 is 23.7 Å². The molecular formula is C25H34O5. The molecular weight excluding hydrogens is 380 g/mol. The van der Waals surface area contributed by atoms with Crippen LogP contribution in [0.1, 0.15) is 63.4 Å². The molecule has 2 rings (SSSR count). The number of ether oxygens (including phenoxy) is 5. The van der Waals surface area contributed by atoms with Gasteiger partial charge in [0, 0.05) is 19.4 Å². The van der Waals surface area contributed by atoms with E-state index >= 15 is 0 Å². The summed E-state index contributed by atoms with van der Waals surface area (Å²) in [6, 6.07) is 3.75. The van der Waals surface area contributed by atoms with Gasteiger partial charge >= 0.3 is 0 Å². The molecule has 1 aliphatic heterocycles. The van der Waals surface area contributed by atoms with Crippen molar-refractivity contribution in [3.63, 3.8) is 0 Å². The number of hydrogen-bond acceptors (Lipinski definition) is 5. The van der Waals surface area contributed by atoms with E-state index < -0.39 is 0 Å². The Morgan fingerprint density at radius 1 is 0.867 bits per heavy atom. The smallest absolute Gasteiger partial charge is 0.204 e. The molecule has 1 aliphatic rings. The summed E-state index contributed by atoms with van der Waals surface area (Å²) >= 11 is 0. The summed E-state index contributed by atoms with van der Waals surface area (Å²) in [6.07, 6.45) is 9.57. The van der Waals surface area contributed by atoms with E-state index in [0.29, 0.717) is 23.9 Å². The number of hydrogen-bond donors (Lipinski definition) is 0. The topological polar surface area (TPSA) is 46.2 Å². The molecule has 0 saturated carbocycles. The Balaban J connectivity index is 1.59. The second-order valence-electron chi connectivity index (χ2n) is 7.06. The lowest BCUT2D eigenvalue weighted by Crippen LogP contribution is -2.22. The van der Waals surface area contributed by atoms with Gasteiger partial charge in [-0.25, -0.2) is 0 Å². The van der Waals surface area contributed by atoms with Crippen LogP contribution in [0.15, 0.2) is 12.1 Å². The minimum Gasteiger partial charge on any atom is -0.493 e. The highest BCUT2D eigenvalue weighted by Crippen LogP contribution is 2.39. The van der Waals surface area contributed by atoms with Crippen molar-refractivity contribution in [1.29, 1.82) is 0 Å². The predicted octanol–water partition coefficient (Wildman–Crippen LogP) is 4.95. The Kier molecular flexibility index (Phi) is 11.7. The quantitative estimate of drug-likeness (QED) is 0.400. The van der Waals surface area contributed by atoms with Gasteiger partial charge in [-0.15, -0.1) is 5.92 Å². The van der Waals surface area contributed by atoms with Crippen LogP contribution in [-0.4, -0.2) is 40.8 Å². The van der Waals surface area contributed by atoms with Gasteiger partial charge in [0.05, 0.1) is 26.9 Å². The normalized spacial score (nSPS) is 15.4. The molecule has 30 heavy (non-hydrogen) atoms. The second-order valence-corrected chi connectivity index (χ2v) is 7.06. The van der Waals surface area contributed by atoms with E-state index in [9.17, 15) is 0 Å². The summed E-state index contributed by atoms with van der Waals surface area (Å²) in [6.45, 7) is 1.28. The Morgan fingerprint density at radius 3 is 2.30 bits per heavy atom. The first kappa shape index (κ1) is 23.9. The molecule has 0 spiro atoms. The first-order chi connectivity index (χ1) is 14.8. The lowest BCUT2D eigenvalue weighted by atomic mass is 10.1. The summed E-state index contributed by atoms with van der Waals surface area (Å²) in [5.41, 5.74) is 0.811. The van der Waals surface area contributed by atoms with Crippen LogP contribution in [0.5, 0.6) is 17.2 Å². The van der Waals surface area contributed by atoms with E-state index in [1.54, 1.807) is 21.3 Å². The van der Waals surface area contributed by atoms with Crippen molar-refractivity contribution >= 4 is 0 Å². The molecule has 0 bridgehead atoms. The van der Waals surface area contributed by atoms with Gasteiger partial charge in [0.2, 0.25) is 5.75 Å². The zero-order chi connectivity index (χ0) is 21.4. The summed E-state index contributed by atoms with van der Waals surface area (Å²) in [5.74, 6) is 14.5. The molecule has 0 aromatic heterocycles. The van der Waals surface area contributed by atoms with Gasteiger partial charge in [0.25, 0.3) is 0 Å². The Bertz CT molecular complexity index is 745. The average Bonchev–Trinajstić information content (AvgIpc) is 2.79. The third kappa shape index (κ3) is 8.19. The molecule has 5 nitrogen and oxygen atoms in total. The maximum atomic E-state index is 5.60. The Labute approximate surface area is 181 Å². The third-order valence-electron chi connectivity index (χ3n) is 4.89. The lowest BCUT2D eigenvalue weighted by molar-refractivity contribution is -0.154. The van der Waals surface area contributed by atoms with E-state index in [4.69, 9.17) is 23.7 Å². The van der Waals surface area contributed by atoms with Crippen molar-refractivity contribution in [2.24, 2.45) is 0 Å². The fraction of sp³-hybridized carbons (Fsp3) is 0.600. The molecule has 1 heterocycles. The molecule has 1 atom stereocenters. The standard InChI is InChI=1S/C25H34O5/c1-26-22-18-17-21(24(27-2)25(22)28-3)15-11-9-7-5-4-6-8-10-13-19-29-23-16-12-14-20-30-23/h17-18,23H,4-9,12,14,16,19-20H2,1-3H3. The minimum absolute atomic E-state index is 0.0480. The molecule has 1 saturated heterocycles. The number of rotatable bonds is 10. The van der Waals surface area contributed by atoms with Crippen molar-refractivity contribution in [2.75, 3.05) is 34.5 Å². The molecule has 0 N–H and O–H groups in total. The van der Waals surface area contributed by atoms with Crippen LogP contribution in [0.25, 0.3) is 0 Å². The van der Waals surface area contributed by atoms with Crippen LogP contribution in [-0.2, 0) is 9.47 Å². The van der Waals surface area contributed by atoms with E-state index in [-0.39, 0.29) is 6.29 Å². The average molecular weight is 415 g/mol. The molecule has 0 amide bonds. The maximum absolute atomic E-state index is 5.60. The van der Waals surface area contributed by atoms with E-state index in [1.165, 1.54) is 12.8 Å². The van der Waals surface area contributed by atoms with Crippen LogP contribution in [0, 0.1) is 23.7 Å². The van der Waals surface area contributed by atoms with Crippen molar-refractivity contribution in [3.05, 3.63) is 17.7 Å². The molecule has 0 aliphatic carbocycles. The zero-order valence-corrected chi connectivity index (χ0v) is 18.6. The van der Waals surface area contributed by atoms with Crippen LogP contribution in [0.3, 0.4) is 0 Å². The van der Waals surface area contributed by atoms with Gasteiger partial charge in [-0.3, -0.25) is 0 Å². The summed E-state index contributed by atoms with van der Waals surface area (Å²) in [7, 11) is 4.82. The molecule has 5 heteroatoms. The zero-order valence-electron chi connectivity index (χ0n) is 18.6. The first-order valence-corrected chi connectivity index (χ1v) is 10.8. The number of methoxy groups -OCH3 is 3. The maximum Gasteiger partial charge on any atom is 0.204 e. The van der Waals surface area contributed by atoms with E-state index in [2.05, 4.69) is 23.7 Å². The van der Waals surface area contributed by atoms with Crippen LogP contribution >= 0.6 is 0 Å². The summed E-state index contributed by atoms with van der Waals surface area (Å²) in [4.78, 5) is 0. The fourth-order valence-corrected chi connectivity index (χ4v) is 3.25. The van der Waals surface area contributed by atoms with Crippen molar-refractivity contribution in [3.8, 4) is 40.9 Å². The highest BCUT2D eigenvalue weighted by Gasteiger charge is 2.14. The number of benzene rings is 1. The van der Waals surface area contributed by atoms with Gasteiger partial charge in [-0.1, -0.05) is 30.6 Å². The van der Waals surface area contributed by atoms with Gasteiger partial charge < -0.3 is 23.7 Å². The molecule has 1 aromatic carbocycles. The van der Waals surface area contributed by atoms with Gasteiger partial charge in [-0.2, -0.15) is 0 Å². The Morgan fingerprint density at radius 2 is 1.63 bits per heavy atom. The van der Waals surface area contributed by atoms with Crippen molar-refractivity contribution in [2.45, 2.75) is 64.1 Å². The lowest BCUT2D eigenvalue weighted by Gasteiger charge is -2.21. The number of unbranched alkanes of at least 4 members (excludes halogenated alkanes) is 5. The highest BCUT2D eigenvalue weighted by molar-refractivity contribution is 5.60. The van der Waals surface area contributed by atoms with Crippen LogP contribution < -0.4 is 14.2 Å². The molecule has 164 valence electrons. The van der Waals surface area contributed by atoms with E-state index in [1.807, 2.05) is 12.1 Å². The third-order valence-corrected chi connectivity index (χ3v) is 4.89. The molecule has 0 radical (unpaired) electrons. The van der Waals surface area contributed by atoms with E-state index in [0.717, 1.165) is 57.1 Å².